The van der Waals surface area contributed by atoms with Crippen LogP contribution in [-0.4, -0.2) is 59.9 Å². The maximum absolute atomic E-state index is 13.3. The predicted molar refractivity (Wildman–Crippen MR) is 164 cm³/mol. The second-order valence-electron chi connectivity index (χ2n) is 12.2. The number of benzene rings is 1. The van der Waals surface area contributed by atoms with E-state index >= 15 is 0 Å². The van der Waals surface area contributed by atoms with Gasteiger partial charge >= 0.3 is 5.97 Å². The molecule has 228 valence electrons. The van der Waals surface area contributed by atoms with Crippen molar-refractivity contribution in [3.63, 3.8) is 0 Å². The Bertz CT molecular complexity index is 1290. The number of aromatic nitrogens is 2. The molecule has 1 N–H and O–H groups in total. The van der Waals surface area contributed by atoms with Gasteiger partial charge in [0, 0.05) is 45.1 Å². The molecule has 2 aliphatic heterocycles. The van der Waals surface area contributed by atoms with Crippen LogP contribution in [0.25, 0.3) is 16.6 Å². The standard InChI is InChI=1S/C34H47N3O5/c1-4-27(19-23(2)24(3)38)33-36-30-20-26(9-10-31(30)37(33)22-25-11-15-40-16-12-25)21-35-32(28-13-17-41-18-14-28)34(39)42-29-7-5-6-8-29/h4,9-10,19-20,25,28-29,32,35H,5-8,11-18,21-22H2,1-3H3/b23-19-,27-4+. The third-order valence-corrected chi connectivity index (χ3v) is 9.19. The second kappa shape index (κ2) is 14.6. The minimum absolute atomic E-state index is 0.0533. The molecule has 0 amide bonds. The van der Waals surface area contributed by atoms with Crippen molar-refractivity contribution >= 4 is 28.4 Å². The van der Waals surface area contributed by atoms with Gasteiger partial charge < -0.3 is 24.1 Å². The summed E-state index contributed by atoms with van der Waals surface area (Å²) in [5.74, 6) is 1.53. The molecule has 3 fully saturated rings. The van der Waals surface area contributed by atoms with E-state index in [1.165, 1.54) is 0 Å². The zero-order chi connectivity index (χ0) is 29.5. The molecule has 5 rings (SSSR count). The van der Waals surface area contributed by atoms with Crippen LogP contribution in [0.1, 0.15) is 83.5 Å². The van der Waals surface area contributed by atoms with Crippen LogP contribution in [-0.2, 0) is 36.9 Å². The minimum Gasteiger partial charge on any atom is -0.461 e. The van der Waals surface area contributed by atoms with Crippen molar-refractivity contribution in [1.29, 1.82) is 0 Å². The SMILES string of the molecule is C/C=C(\C=C(\C)C(C)=O)c1nc2cc(CNC(C(=O)OC3CCCC3)C3CCOCC3)ccc2n1CC1CCOCC1. The first kappa shape index (κ1) is 30.6. The Morgan fingerprint density at radius 3 is 2.40 bits per heavy atom. The molecule has 3 heterocycles. The highest BCUT2D eigenvalue weighted by molar-refractivity contribution is 5.96. The van der Waals surface area contributed by atoms with Crippen molar-refractivity contribution in [2.75, 3.05) is 26.4 Å². The highest BCUT2D eigenvalue weighted by atomic mass is 16.5. The molecule has 8 heteroatoms. The van der Waals surface area contributed by atoms with E-state index in [1.807, 2.05) is 26.0 Å². The average molecular weight is 578 g/mol. The van der Waals surface area contributed by atoms with Crippen LogP contribution in [0.2, 0.25) is 0 Å². The smallest absolute Gasteiger partial charge is 0.323 e. The lowest BCUT2D eigenvalue weighted by Gasteiger charge is -2.30. The van der Waals surface area contributed by atoms with E-state index in [-0.39, 0.29) is 29.8 Å². The first-order chi connectivity index (χ1) is 20.4. The zero-order valence-corrected chi connectivity index (χ0v) is 25.5. The van der Waals surface area contributed by atoms with Gasteiger partial charge in [-0.05, 0) is 113 Å². The highest BCUT2D eigenvalue weighted by Crippen LogP contribution is 2.29. The molecule has 2 aromatic rings. The summed E-state index contributed by atoms with van der Waals surface area (Å²) in [5, 5.41) is 3.57. The number of fused-ring (bicyclic) bond motifs is 1. The number of nitrogens with zero attached hydrogens (tertiary/aromatic N) is 2. The number of allylic oxidation sites excluding steroid dienone is 4. The average Bonchev–Trinajstić information content (AvgIpc) is 3.64. The van der Waals surface area contributed by atoms with E-state index in [9.17, 15) is 9.59 Å². The Kier molecular flexibility index (Phi) is 10.6. The third-order valence-electron chi connectivity index (χ3n) is 9.19. The molecule has 0 bridgehead atoms. The van der Waals surface area contributed by atoms with Gasteiger partial charge in [-0.15, -0.1) is 0 Å². The van der Waals surface area contributed by atoms with Crippen molar-refractivity contribution in [2.45, 2.75) is 97.4 Å². The quantitative estimate of drug-likeness (QED) is 0.206. The van der Waals surface area contributed by atoms with Crippen LogP contribution < -0.4 is 5.32 Å². The summed E-state index contributed by atoms with van der Waals surface area (Å²) >= 11 is 0. The van der Waals surface area contributed by atoms with Gasteiger partial charge in [0.15, 0.2) is 5.78 Å². The van der Waals surface area contributed by atoms with Crippen LogP contribution >= 0.6 is 0 Å². The molecule has 1 aromatic carbocycles. The molecule has 1 aromatic heterocycles. The Morgan fingerprint density at radius 1 is 1.05 bits per heavy atom. The maximum Gasteiger partial charge on any atom is 0.323 e. The Hall–Kier alpha value is -2.81. The number of ketones is 1. The fraction of sp³-hybridized carbons (Fsp3) is 0.618. The van der Waals surface area contributed by atoms with Crippen LogP contribution in [0.5, 0.6) is 0 Å². The maximum atomic E-state index is 13.3. The number of nitrogens with one attached hydrogen (secondary N) is 1. The summed E-state index contributed by atoms with van der Waals surface area (Å²) < 4.78 is 19.5. The molecule has 1 atom stereocenters. The number of rotatable bonds is 11. The van der Waals surface area contributed by atoms with Crippen molar-refractivity contribution in [1.82, 2.24) is 14.9 Å². The van der Waals surface area contributed by atoms with Gasteiger partial charge in [0.05, 0.1) is 11.0 Å². The van der Waals surface area contributed by atoms with E-state index in [0.29, 0.717) is 31.2 Å². The fourth-order valence-electron chi connectivity index (χ4n) is 6.45. The van der Waals surface area contributed by atoms with Crippen LogP contribution in [0.15, 0.2) is 35.9 Å². The van der Waals surface area contributed by atoms with Crippen LogP contribution in [0, 0.1) is 11.8 Å². The Balaban J connectivity index is 1.40. The Labute approximate surface area is 249 Å². The molecule has 2 saturated heterocycles. The monoisotopic (exact) mass is 577 g/mol. The molecule has 3 aliphatic rings. The van der Waals surface area contributed by atoms with E-state index in [2.05, 4.69) is 28.1 Å². The van der Waals surface area contributed by atoms with E-state index in [4.69, 9.17) is 19.2 Å². The van der Waals surface area contributed by atoms with E-state index in [1.54, 1.807) is 6.92 Å². The third kappa shape index (κ3) is 7.57. The minimum atomic E-state index is -0.346. The van der Waals surface area contributed by atoms with Gasteiger partial charge in [-0.3, -0.25) is 9.59 Å². The number of carbonyl (C=O) groups is 2. The van der Waals surface area contributed by atoms with Crippen molar-refractivity contribution in [3.8, 4) is 0 Å². The van der Waals surface area contributed by atoms with Crippen molar-refractivity contribution in [3.05, 3.63) is 47.3 Å². The lowest BCUT2D eigenvalue weighted by atomic mass is 9.91. The summed E-state index contributed by atoms with van der Waals surface area (Å²) in [6.45, 7) is 9.81. The lowest BCUT2D eigenvalue weighted by molar-refractivity contribution is -0.154. The van der Waals surface area contributed by atoms with E-state index < -0.39 is 0 Å². The predicted octanol–water partition coefficient (Wildman–Crippen LogP) is 5.77. The number of esters is 1. The van der Waals surface area contributed by atoms with Gasteiger partial charge in [0.1, 0.15) is 18.0 Å². The number of imidazole rings is 1. The zero-order valence-electron chi connectivity index (χ0n) is 25.5. The summed E-state index contributed by atoms with van der Waals surface area (Å²) in [5.41, 5.74) is 4.73. The number of ether oxygens (including phenoxy) is 3. The number of carbonyl (C=O) groups excluding carboxylic acids is 2. The lowest BCUT2D eigenvalue weighted by Crippen LogP contribution is -2.46. The van der Waals surface area contributed by atoms with Gasteiger partial charge in [0.25, 0.3) is 0 Å². The molecule has 0 radical (unpaired) electrons. The molecule has 1 unspecified atom stereocenters. The van der Waals surface area contributed by atoms with Gasteiger partial charge in [0.2, 0.25) is 0 Å². The van der Waals surface area contributed by atoms with Crippen molar-refractivity contribution < 1.29 is 23.8 Å². The molecular weight excluding hydrogens is 530 g/mol. The summed E-state index contributed by atoms with van der Waals surface area (Å²) in [6.07, 6.45) is 12.0. The number of Topliss-reactive ketones (excluding diaryl/α,β-unsaturated/α-hetero) is 1. The highest BCUT2D eigenvalue weighted by Gasteiger charge is 2.33. The summed E-state index contributed by atoms with van der Waals surface area (Å²) in [7, 11) is 0. The molecule has 8 nitrogen and oxygen atoms in total. The molecule has 42 heavy (non-hydrogen) atoms. The van der Waals surface area contributed by atoms with Crippen LogP contribution in [0.3, 0.4) is 0 Å². The second-order valence-corrected chi connectivity index (χ2v) is 12.2. The molecule has 1 saturated carbocycles. The Morgan fingerprint density at radius 2 is 1.74 bits per heavy atom. The number of hydrogen-bond acceptors (Lipinski definition) is 7. The summed E-state index contributed by atoms with van der Waals surface area (Å²) in [4.78, 5) is 30.5. The van der Waals surface area contributed by atoms with Gasteiger partial charge in [-0.1, -0.05) is 12.1 Å². The normalized spacial score (nSPS) is 20.7. The molecular formula is C34H47N3O5. The molecule has 1 aliphatic carbocycles. The van der Waals surface area contributed by atoms with Gasteiger partial charge in [-0.2, -0.15) is 0 Å². The van der Waals surface area contributed by atoms with Crippen molar-refractivity contribution in [2.24, 2.45) is 11.8 Å². The van der Waals surface area contributed by atoms with Gasteiger partial charge in [-0.25, -0.2) is 4.98 Å². The molecule has 0 spiro atoms. The largest absolute Gasteiger partial charge is 0.461 e. The van der Waals surface area contributed by atoms with Crippen LogP contribution in [0.4, 0.5) is 0 Å². The topological polar surface area (TPSA) is 91.7 Å². The summed E-state index contributed by atoms with van der Waals surface area (Å²) in [6, 6.07) is 6.07. The first-order valence-corrected chi connectivity index (χ1v) is 15.9. The first-order valence-electron chi connectivity index (χ1n) is 15.9. The number of hydrogen-bond donors (Lipinski definition) is 1. The fourth-order valence-corrected chi connectivity index (χ4v) is 6.45. The van der Waals surface area contributed by atoms with E-state index in [0.717, 1.165) is 99.1 Å².